The van der Waals surface area contributed by atoms with Crippen LogP contribution in [0.25, 0.3) is 10.6 Å². The zero-order chi connectivity index (χ0) is 14.8. The Morgan fingerprint density at radius 1 is 1.24 bits per heavy atom. The van der Waals surface area contributed by atoms with Crippen LogP contribution in [-0.4, -0.2) is 16.1 Å². The highest BCUT2D eigenvalue weighted by Crippen LogP contribution is 2.29. The van der Waals surface area contributed by atoms with E-state index < -0.39 is 5.97 Å². The van der Waals surface area contributed by atoms with Crippen molar-refractivity contribution in [1.29, 1.82) is 0 Å². The molecule has 0 fully saturated rings. The maximum Gasteiger partial charge on any atom is 0.336 e. The van der Waals surface area contributed by atoms with Crippen molar-refractivity contribution in [3.05, 3.63) is 62.2 Å². The largest absolute Gasteiger partial charge is 0.478 e. The number of halogens is 1. The number of carboxylic acids is 1. The van der Waals surface area contributed by atoms with Crippen LogP contribution in [-0.2, 0) is 6.42 Å². The molecule has 3 nitrogen and oxygen atoms in total. The molecule has 1 N–H and O–H groups in total. The number of rotatable bonds is 4. The summed E-state index contributed by atoms with van der Waals surface area (Å²) in [6.45, 7) is 0. The molecule has 0 unspecified atom stereocenters. The standard InChI is InChI=1S/C15H10ClNO2S2/c16-11-3-1-2-9(4-11)5-14-17-12(8-21-14)13-6-10(7-20-13)15(18)19/h1-4,6-8H,5H2,(H,18,19). The second-order valence-electron chi connectivity index (χ2n) is 4.44. The van der Waals surface area contributed by atoms with E-state index >= 15 is 0 Å². The molecular formula is C15H10ClNO2S2. The molecule has 2 aromatic heterocycles. The van der Waals surface area contributed by atoms with Crippen molar-refractivity contribution in [2.24, 2.45) is 0 Å². The lowest BCUT2D eigenvalue weighted by molar-refractivity contribution is 0.0697. The Morgan fingerprint density at radius 2 is 2.10 bits per heavy atom. The highest BCUT2D eigenvalue weighted by Gasteiger charge is 2.11. The summed E-state index contributed by atoms with van der Waals surface area (Å²) in [4.78, 5) is 16.3. The summed E-state index contributed by atoms with van der Waals surface area (Å²) >= 11 is 8.94. The Balaban J connectivity index is 1.81. The van der Waals surface area contributed by atoms with Gasteiger partial charge in [-0.15, -0.1) is 22.7 Å². The molecule has 0 aliphatic rings. The van der Waals surface area contributed by atoms with Gasteiger partial charge in [0.1, 0.15) is 0 Å². The lowest BCUT2D eigenvalue weighted by Crippen LogP contribution is -1.91. The molecule has 1 aromatic carbocycles. The van der Waals surface area contributed by atoms with Gasteiger partial charge in [0.2, 0.25) is 0 Å². The molecule has 0 bridgehead atoms. The predicted molar refractivity (Wildman–Crippen MR) is 86.6 cm³/mol. The van der Waals surface area contributed by atoms with Gasteiger partial charge in [0.25, 0.3) is 0 Å². The average molecular weight is 336 g/mol. The van der Waals surface area contributed by atoms with Crippen molar-refractivity contribution in [2.75, 3.05) is 0 Å². The van der Waals surface area contributed by atoms with Gasteiger partial charge in [0.15, 0.2) is 0 Å². The number of thiophene rings is 1. The van der Waals surface area contributed by atoms with Gasteiger partial charge in [-0.05, 0) is 23.8 Å². The summed E-state index contributed by atoms with van der Waals surface area (Å²) in [5, 5.41) is 14.2. The van der Waals surface area contributed by atoms with Crippen molar-refractivity contribution in [3.63, 3.8) is 0 Å². The first-order valence-corrected chi connectivity index (χ1v) is 8.26. The molecule has 0 atom stereocenters. The van der Waals surface area contributed by atoms with Gasteiger partial charge in [-0.3, -0.25) is 0 Å². The number of benzene rings is 1. The predicted octanol–water partition coefficient (Wildman–Crippen LogP) is 4.81. The Labute approximate surface area is 134 Å². The van der Waals surface area contributed by atoms with Crippen LogP contribution in [0.5, 0.6) is 0 Å². The SMILES string of the molecule is O=C(O)c1csc(-c2csc(Cc3cccc(Cl)c3)n2)c1. The first-order chi connectivity index (χ1) is 10.1. The molecule has 21 heavy (non-hydrogen) atoms. The van der Waals surface area contributed by atoms with Crippen LogP contribution in [0.4, 0.5) is 0 Å². The van der Waals surface area contributed by atoms with Crippen molar-refractivity contribution >= 4 is 40.2 Å². The molecule has 0 saturated carbocycles. The summed E-state index contributed by atoms with van der Waals surface area (Å²) in [5.74, 6) is -0.910. The number of carbonyl (C=O) groups is 1. The maximum atomic E-state index is 10.9. The van der Waals surface area contributed by atoms with Crippen LogP contribution in [0.3, 0.4) is 0 Å². The molecule has 0 amide bonds. The van der Waals surface area contributed by atoms with Crippen molar-refractivity contribution in [2.45, 2.75) is 6.42 Å². The highest BCUT2D eigenvalue weighted by molar-refractivity contribution is 7.14. The fourth-order valence-electron chi connectivity index (χ4n) is 1.91. The van der Waals surface area contributed by atoms with Crippen molar-refractivity contribution in [3.8, 4) is 10.6 Å². The molecule has 3 rings (SSSR count). The minimum atomic E-state index is -0.910. The topological polar surface area (TPSA) is 50.2 Å². The van der Waals surface area contributed by atoms with Gasteiger partial charge in [-0.25, -0.2) is 9.78 Å². The van der Waals surface area contributed by atoms with E-state index in [1.807, 2.05) is 29.6 Å². The number of hydrogen-bond donors (Lipinski definition) is 1. The average Bonchev–Trinajstić information content (AvgIpc) is 3.06. The quantitative estimate of drug-likeness (QED) is 0.744. The summed E-state index contributed by atoms with van der Waals surface area (Å²) in [6.07, 6.45) is 0.725. The van der Waals surface area contributed by atoms with E-state index in [2.05, 4.69) is 4.98 Å². The van der Waals surface area contributed by atoms with Crippen molar-refractivity contribution in [1.82, 2.24) is 4.98 Å². The minimum absolute atomic E-state index is 0.305. The van der Waals surface area contributed by atoms with Gasteiger partial charge in [0.05, 0.1) is 21.1 Å². The molecule has 0 radical (unpaired) electrons. The fourth-order valence-corrected chi connectivity index (χ4v) is 3.87. The maximum absolute atomic E-state index is 10.9. The highest BCUT2D eigenvalue weighted by atomic mass is 35.5. The van der Waals surface area contributed by atoms with Crippen LogP contribution in [0, 0.1) is 0 Å². The normalized spacial score (nSPS) is 10.7. The van der Waals surface area contributed by atoms with E-state index in [0.29, 0.717) is 10.6 Å². The summed E-state index contributed by atoms with van der Waals surface area (Å²) in [6, 6.07) is 9.37. The molecule has 0 spiro atoms. The van der Waals surface area contributed by atoms with Gasteiger partial charge >= 0.3 is 5.97 Å². The zero-order valence-electron chi connectivity index (χ0n) is 10.7. The lowest BCUT2D eigenvalue weighted by atomic mass is 10.2. The monoisotopic (exact) mass is 335 g/mol. The molecule has 106 valence electrons. The molecule has 6 heteroatoms. The molecule has 0 saturated heterocycles. The first-order valence-electron chi connectivity index (χ1n) is 6.13. The number of aromatic carboxylic acids is 1. The van der Waals surface area contributed by atoms with E-state index in [4.69, 9.17) is 16.7 Å². The number of carboxylic acid groups (broad SMARTS) is 1. The van der Waals surface area contributed by atoms with Crippen LogP contribution < -0.4 is 0 Å². The van der Waals surface area contributed by atoms with Gasteiger partial charge < -0.3 is 5.11 Å². The van der Waals surface area contributed by atoms with Crippen LogP contribution in [0.2, 0.25) is 5.02 Å². The van der Waals surface area contributed by atoms with Gasteiger partial charge in [-0.2, -0.15) is 0 Å². The van der Waals surface area contributed by atoms with E-state index in [1.54, 1.807) is 22.8 Å². The zero-order valence-corrected chi connectivity index (χ0v) is 13.1. The Hall–Kier alpha value is -1.69. The Kier molecular flexibility index (Phi) is 4.05. The molecule has 3 aromatic rings. The summed E-state index contributed by atoms with van der Waals surface area (Å²) in [5.41, 5.74) is 2.25. The number of nitrogens with zero attached hydrogens (tertiary/aromatic N) is 1. The molecule has 0 aliphatic heterocycles. The fraction of sp³-hybridized carbons (Fsp3) is 0.0667. The summed E-state index contributed by atoms with van der Waals surface area (Å²) in [7, 11) is 0. The molecule has 2 heterocycles. The van der Waals surface area contributed by atoms with E-state index in [9.17, 15) is 4.79 Å². The van der Waals surface area contributed by atoms with E-state index in [-0.39, 0.29) is 0 Å². The van der Waals surface area contributed by atoms with Gasteiger partial charge in [-0.1, -0.05) is 23.7 Å². The lowest BCUT2D eigenvalue weighted by Gasteiger charge is -1.98. The van der Waals surface area contributed by atoms with E-state index in [1.165, 1.54) is 11.3 Å². The van der Waals surface area contributed by atoms with Gasteiger partial charge in [0, 0.05) is 22.2 Å². The third-order valence-corrected chi connectivity index (χ3v) is 4.93. The molecular weight excluding hydrogens is 326 g/mol. The number of thiazole rings is 1. The third kappa shape index (κ3) is 3.32. The minimum Gasteiger partial charge on any atom is -0.478 e. The van der Waals surface area contributed by atoms with Crippen molar-refractivity contribution < 1.29 is 9.90 Å². The number of aromatic nitrogens is 1. The Morgan fingerprint density at radius 3 is 2.81 bits per heavy atom. The third-order valence-electron chi connectivity index (χ3n) is 2.89. The van der Waals surface area contributed by atoms with Crippen LogP contribution in [0.15, 0.2) is 41.1 Å². The second kappa shape index (κ2) is 5.97. The van der Waals surface area contributed by atoms with Crippen LogP contribution in [0.1, 0.15) is 20.9 Å². The second-order valence-corrected chi connectivity index (χ2v) is 6.73. The van der Waals surface area contributed by atoms with E-state index in [0.717, 1.165) is 27.6 Å². The number of hydrogen-bond acceptors (Lipinski definition) is 4. The smallest absolute Gasteiger partial charge is 0.336 e. The van der Waals surface area contributed by atoms with Crippen LogP contribution >= 0.6 is 34.3 Å². The summed E-state index contributed by atoms with van der Waals surface area (Å²) < 4.78 is 0. The molecule has 0 aliphatic carbocycles. The Bertz CT molecular complexity index is 794. The first kappa shape index (κ1) is 14.3.